The molecule has 0 aliphatic carbocycles. The molecule has 7 nitrogen and oxygen atoms in total. The molecule has 1 aliphatic heterocycles. The largest absolute Gasteiger partial charge is 0.417 e. The highest BCUT2D eigenvalue weighted by Gasteiger charge is 2.35. The number of aryl methyl sites for hydroxylation is 1. The monoisotopic (exact) mass is 530 g/mol. The fraction of sp³-hybridized carbons (Fsp3) is 0.207. The molecule has 5 aromatic rings. The van der Waals surface area contributed by atoms with Crippen molar-refractivity contribution in [1.29, 1.82) is 0 Å². The number of carbonyl (C=O) groups excluding carboxylic acids is 1. The molecule has 0 bridgehead atoms. The maximum Gasteiger partial charge on any atom is 0.417 e. The van der Waals surface area contributed by atoms with Gasteiger partial charge >= 0.3 is 6.18 Å². The minimum absolute atomic E-state index is 0.0735. The second kappa shape index (κ2) is 9.70. The molecule has 0 saturated carbocycles. The van der Waals surface area contributed by atoms with Gasteiger partial charge in [-0.1, -0.05) is 30.3 Å². The van der Waals surface area contributed by atoms with E-state index in [4.69, 9.17) is 4.98 Å². The molecule has 0 radical (unpaired) electrons. The van der Waals surface area contributed by atoms with Gasteiger partial charge in [0.15, 0.2) is 0 Å². The number of amides is 1. The summed E-state index contributed by atoms with van der Waals surface area (Å²) in [5, 5.41) is 10.5. The second-order valence-electron chi connectivity index (χ2n) is 9.60. The minimum atomic E-state index is -4.60. The lowest BCUT2D eigenvalue weighted by atomic mass is 10.0. The molecule has 1 fully saturated rings. The van der Waals surface area contributed by atoms with Gasteiger partial charge in [0.2, 0.25) is 0 Å². The van der Waals surface area contributed by atoms with Gasteiger partial charge in [-0.15, -0.1) is 0 Å². The van der Waals surface area contributed by atoms with Gasteiger partial charge in [0.1, 0.15) is 17.2 Å². The lowest BCUT2D eigenvalue weighted by molar-refractivity contribution is -0.137. The van der Waals surface area contributed by atoms with Gasteiger partial charge in [0.05, 0.1) is 11.3 Å². The molecule has 4 heterocycles. The van der Waals surface area contributed by atoms with Crippen molar-refractivity contribution in [2.45, 2.75) is 25.1 Å². The van der Waals surface area contributed by atoms with Crippen LogP contribution >= 0.6 is 0 Å². The van der Waals surface area contributed by atoms with Gasteiger partial charge in [-0.3, -0.25) is 13.9 Å². The summed E-state index contributed by atoms with van der Waals surface area (Å²) in [6.45, 7) is 0.967. The highest BCUT2D eigenvalue weighted by atomic mass is 19.4. The Labute approximate surface area is 222 Å². The van der Waals surface area contributed by atoms with Crippen molar-refractivity contribution in [3.8, 4) is 22.5 Å². The Balaban J connectivity index is 1.42. The molecule has 3 aromatic heterocycles. The van der Waals surface area contributed by atoms with E-state index in [1.54, 1.807) is 17.6 Å². The van der Waals surface area contributed by atoms with Gasteiger partial charge in [0, 0.05) is 42.2 Å². The van der Waals surface area contributed by atoms with Crippen molar-refractivity contribution < 1.29 is 18.0 Å². The smallest absolute Gasteiger partial charge is 0.310 e. The number of fused-ring (bicyclic) bond motifs is 1. The van der Waals surface area contributed by atoms with Gasteiger partial charge in [-0.05, 0) is 61.3 Å². The highest BCUT2D eigenvalue weighted by molar-refractivity contribution is 6.06. The standard InChI is InChI=1S/C29H25F3N6O/c1-37-14-12-24(36-37)21-16-20(9-10-22(21)29(30,31)32)28(39)35-27-26(18-6-3-2-4-7-18)34-25-17-19(11-15-38(25)27)23-8-5-13-33-23/h2-4,6-7,9-12,14-17,23,33H,5,8,13H2,1H3,(H,35,39). The Morgan fingerprint density at radius 2 is 1.87 bits per heavy atom. The van der Waals surface area contributed by atoms with E-state index >= 15 is 0 Å². The number of imidazole rings is 1. The molecule has 2 aromatic carbocycles. The van der Waals surface area contributed by atoms with Crippen LogP contribution in [0.1, 0.15) is 40.4 Å². The number of anilines is 1. The number of pyridine rings is 1. The van der Waals surface area contributed by atoms with Gasteiger partial charge in [0.25, 0.3) is 5.91 Å². The number of hydrogen-bond acceptors (Lipinski definition) is 4. The maximum absolute atomic E-state index is 13.8. The van der Waals surface area contributed by atoms with Crippen LogP contribution in [0, 0.1) is 0 Å². The van der Waals surface area contributed by atoms with Crippen molar-refractivity contribution in [3.63, 3.8) is 0 Å². The number of hydrogen-bond donors (Lipinski definition) is 2. The quantitative estimate of drug-likeness (QED) is 0.288. The Bertz CT molecular complexity index is 1670. The molecule has 1 saturated heterocycles. The van der Waals surface area contributed by atoms with Crippen LogP contribution in [-0.4, -0.2) is 31.6 Å². The molecule has 39 heavy (non-hydrogen) atoms. The summed E-state index contributed by atoms with van der Waals surface area (Å²) in [5.74, 6) is -0.118. The number of aromatic nitrogens is 4. The van der Waals surface area contributed by atoms with Crippen LogP contribution in [0.15, 0.2) is 79.1 Å². The zero-order valence-corrected chi connectivity index (χ0v) is 21.0. The molecule has 6 rings (SSSR count). The third kappa shape index (κ3) is 4.79. The first-order valence-electron chi connectivity index (χ1n) is 12.6. The van der Waals surface area contributed by atoms with Crippen LogP contribution in [0.2, 0.25) is 0 Å². The summed E-state index contributed by atoms with van der Waals surface area (Å²) in [6.07, 6.45) is 0.969. The normalized spacial score (nSPS) is 15.6. The Morgan fingerprint density at radius 1 is 1.05 bits per heavy atom. The molecule has 10 heteroatoms. The predicted octanol–water partition coefficient (Wildman–Crippen LogP) is 6.10. The summed E-state index contributed by atoms with van der Waals surface area (Å²) in [7, 11) is 1.62. The van der Waals surface area contributed by atoms with E-state index in [0.717, 1.165) is 36.6 Å². The predicted molar refractivity (Wildman–Crippen MR) is 142 cm³/mol. The molecular formula is C29H25F3N6O. The summed E-state index contributed by atoms with van der Waals surface area (Å²) in [6, 6.07) is 18.5. The highest BCUT2D eigenvalue weighted by Crippen LogP contribution is 2.37. The topological polar surface area (TPSA) is 76.2 Å². The summed E-state index contributed by atoms with van der Waals surface area (Å²) < 4.78 is 44.6. The Hall–Kier alpha value is -4.44. The van der Waals surface area contributed by atoms with E-state index in [2.05, 4.69) is 15.7 Å². The fourth-order valence-electron chi connectivity index (χ4n) is 5.05. The summed E-state index contributed by atoms with van der Waals surface area (Å²) >= 11 is 0. The first kappa shape index (κ1) is 24.9. The summed E-state index contributed by atoms with van der Waals surface area (Å²) in [4.78, 5) is 18.3. The molecular weight excluding hydrogens is 505 g/mol. The molecule has 1 amide bonds. The van der Waals surface area contributed by atoms with Crippen LogP contribution in [0.25, 0.3) is 28.2 Å². The van der Waals surface area contributed by atoms with Crippen LogP contribution in [0.5, 0.6) is 0 Å². The first-order chi connectivity index (χ1) is 18.8. The molecule has 1 unspecified atom stereocenters. The zero-order valence-electron chi connectivity index (χ0n) is 21.0. The molecule has 0 spiro atoms. The molecule has 198 valence electrons. The average molecular weight is 531 g/mol. The number of benzene rings is 2. The number of carbonyl (C=O) groups is 1. The van der Waals surface area contributed by atoms with Gasteiger partial charge < -0.3 is 10.6 Å². The lowest BCUT2D eigenvalue weighted by Gasteiger charge is -2.14. The fourth-order valence-corrected chi connectivity index (χ4v) is 5.05. The number of rotatable bonds is 5. The number of nitrogens with zero attached hydrogens (tertiary/aromatic N) is 4. The van der Waals surface area contributed by atoms with Gasteiger partial charge in [-0.2, -0.15) is 18.3 Å². The van der Waals surface area contributed by atoms with Crippen molar-refractivity contribution in [2.75, 3.05) is 11.9 Å². The third-order valence-electron chi connectivity index (χ3n) is 6.97. The average Bonchev–Trinajstić information content (AvgIpc) is 3.69. The molecule has 1 aliphatic rings. The van der Waals surface area contributed by atoms with E-state index in [0.29, 0.717) is 17.2 Å². The molecule has 2 N–H and O–H groups in total. The van der Waals surface area contributed by atoms with E-state index in [9.17, 15) is 18.0 Å². The van der Waals surface area contributed by atoms with Crippen LogP contribution in [0.4, 0.5) is 19.0 Å². The van der Waals surface area contributed by atoms with Crippen LogP contribution in [-0.2, 0) is 13.2 Å². The Morgan fingerprint density at radius 3 is 2.56 bits per heavy atom. The van der Waals surface area contributed by atoms with Crippen LogP contribution < -0.4 is 10.6 Å². The number of halogens is 3. The van der Waals surface area contributed by atoms with Gasteiger partial charge in [-0.25, -0.2) is 4.98 Å². The first-order valence-corrected chi connectivity index (χ1v) is 12.6. The van der Waals surface area contributed by atoms with Crippen LogP contribution in [0.3, 0.4) is 0 Å². The summed E-state index contributed by atoms with van der Waals surface area (Å²) in [5.41, 5.74) is 2.34. The minimum Gasteiger partial charge on any atom is -0.310 e. The third-order valence-corrected chi connectivity index (χ3v) is 6.97. The van der Waals surface area contributed by atoms with Crippen molar-refractivity contribution >= 4 is 17.4 Å². The van der Waals surface area contributed by atoms with Crippen molar-refractivity contribution in [2.24, 2.45) is 7.05 Å². The van der Waals surface area contributed by atoms with E-state index in [1.165, 1.54) is 22.9 Å². The second-order valence-corrected chi connectivity index (χ2v) is 9.60. The molecule has 1 atom stereocenters. The lowest BCUT2D eigenvalue weighted by Crippen LogP contribution is -2.16. The van der Waals surface area contributed by atoms with E-state index in [1.807, 2.05) is 48.7 Å². The van der Waals surface area contributed by atoms with Crippen molar-refractivity contribution in [3.05, 3.63) is 95.8 Å². The number of nitrogens with one attached hydrogen (secondary N) is 2. The zero-order chi connectivity index (χ0) is 27.1. The SMILES string of the molecule is Cn1ccc(-c2cc(C(=O)Nc3c(-c4ccccc4)nc4cc(C5CCCN5)ccn34)ccc2C(F)(F)F)n1. The Kier molecular flexibility index (Phi) is 6.19. The van der Waals surface area contributed by atoms with Crippen molar-refractivity contribution in [1.82, 2.24) is 24.5 Å². The van der Waals surface area contributed by atoms with E-state index < -0.39 is 17.6 Å². The van der Waals surface area contributed by atoms with E-state index in [-0.39, 0.29) is 22.9 Å². The number of alkyl halides is 3. The maximum atomic E-state index is 13.8.